The SMILES string of the molecule is Cc1cc2oc3c(c(=O)c2cc1C)[C@@H](c1ccc(C(C)(C)C)cc1)N(CCCn1ccnc1)C3=O. The van der Waals surface area contributed by atoms with Crippen molar-refractivity contribution in [2.24, 2.45) is 0 Å². The molecule has 3 heterocycles. The Morgan fingerprint density at radius 2 is 1.71 bits per heavy atom. The highest BCUT2D eigenvalue weighted by molar-refractivity contribution is 5.99. The molecule has 0 saturated heterocycles. The number of fused-ring (bicyclic) bond motifs is 2. The minimum atomic E-state index is -0.475. The number of hydrogen-bond donors (Lipinski definition) is 0. The monoisotopic (exact) mass is 469 g/mol. The Balaban J connectivity index is 1.61. The van der Waals surface area contributed by atoms with Crippen molar-refractivity contribution in [3.63, 3.8) is 0 Å². The number of carbonyl (C=O) groups is 1. The molecule has 6 nitrogen and oxygen atoms in total. The predicted octanol–water partition coefficient (Wildman–Crippen LogP) is 5.54. The lowest BCUT2D eigenvalue weighted by Crippen LogP contribution is -2.31. The number of imidazole rings is 1. The number of rotatable bonds is 5. The molecule has 5 rings (SSSR count). The van der Waals surface area contributed by atoms with Crippen LogP contribution in [0.3, 0.4) is 0 Å². The van der Waals surface area contributed by atoms with E-state index in [0.717, 1.165) is 29.7 Å². The van der Waals surface area contributed by atoms with Crippen LogP contribution >= 0.6 is 0 Å². The van der Waals surface area contributed by atoms with Gasteiger partial charge >= 0.3 is 0 Å². The first-order valence-corrected chi connectivity index (χ1v) is 12.1. The Hall–Kier alpha value is -3.67. The molecule has 0 aliphatic carbocycles. The summed E-state index contributed by atoms with van der Waals surface area (Å²) < 4.78 is 8.13. The topological polar surface area (TPSA) is 68.3 Å². The summed E-state index contributed by atoms with van der Waals surface area (Å²) in [5.41, 5.74) is 4.97. The minimum Gasteiger partial charge on any atom is -0.450 e. The number of carbonyl (C=O) groups excluding carboxylic acids is 1. The zero-order chi connectivity index (χ0) is 24.9. The van der Waals surface area contributed by atoms with Gasteiger partial charge in [-0.15, -0.1) is 0 Å². The van der Waals surface area contributed by atoms with Crippen LogP contribution in [0.5, 0.6) is 0 Å². The van der Waals surface area contributed by atoms with Crippen molar-refractivity contribution in [2.75, 3.05) is 6.54 Å². The summed E-state index contributed by atoms with van der Waals surface area (Å²) in [6, 6.07) is 11.5. The number of aryl methyl sites for hydroxylation is 3. The summed E-state index contributed by atoms with van der Waals surface area (Å²) in [5, 5.41) is 0.524. The van der Waals surface area contributed by atoms with Crippen LogP contribution in [0.2, 0.25) is 0 Å². The molecule has 0 N–H and O–H groups in total. The fraction of sp³-hybridized carbons (Fsp3) is 0.345. The van der Waals surface area contributed by atoms with Gasteiger partial charge in [0, 0.05) is 25.5 Å². The second-order valence-electron chi connectivity index (χ2n) is 10.5. The third-order valence-electron chi connectivity index (χ3n) is 7.05. The summed E-state index contributed by atoms with van der Waals surface area (Å²) in [6.07, 6.45) is 6.16. The van der Waals surface area contributed by atoms with E-state index < -0.39 is 6.04 Å². The number of benzene rings is 2. The highest BCUT2D eigenvalue weighted by Crippen LogP contribution is 2.39. The zero-order valence-corrected chi connectivity index (χ0v) is 21.0. The normalized spacial score (nSPS) is 15.7. The smallest absolute Gasteiger partial charge is 0.290 e. The van der Waals surface area contributed by atoms with Gasteiger partial charge in [0.15, 0.2) is 5.43 Å². The maximum atomic E-state index is 13.8. The average molecular weight is 470 g/mol. The lowest BCUT2D eigenvalue weighted by atomic mass is 9.86. The first-order chi connectivity index (χ1) is 16.6. The molecule has 35 heavy (non-hydrogen) atoms. The maximum Gasteiger partial charge on any atom is 0.290 e. The fourth-order valence-electron chi connectivity index (χ4n) is 4.86. The van der Waals surface area contributed by atoms with Crippen molar-refractivity contribution in [1.82, 2.24) is 14.5 Å². The van der Waals surface area contributed by atoms with E-state index in [0.29, 0.717) is 23.1 Å². The van der Waals surface area contributed by atoms with Gasteiger partial charge < -0.3 is 13.9 Å². The maximum absolute atomic E-state index is 13.8. The van der Waals surface area contributed by atoms with E-state index in [1.165, 1.54) is 5.56 Å². The number of nitrogens with zero attached hydrogens (tertiary/aromatic N) is 3. The van der Waals surface area contributed by atoms with Crippen LogP contribution < -0.4 is 5.43 Å². The molecule has 2 aromatic heterocycles. The summed E-state index contributed by atoms with van der Waals surface area (Å²) in [7, 11) is 0. The molecule has 0 radical (unpaired) electrons. The lowest BCUT2D eigenvalue weighted by molar-refractivity contribution is 0.0723. The standard InChI is InChI=1S/C29H31N3O3/c1-18-15-22-23(16-19(18)2)35-27-24(26(22)33)25(20-7-9-21(10-8-20)29(3,4)5)32(28(27)34)13-6-12-31-14-11-30-17-31/h7-11,14-17,25H,6,12-13H2,1-5H3/t25-/m1/s1. The molecule has 1 amide bonds. The van der Waals surface area contributed by atoms with Gasteiger partial charge in [0.25, 0.3) is 5.91 Å². The van der Waals surface area contributed by atoms with Gasteiger partial charge in [-0.25, -0.2) is 4.98 Å². The van der Waals surface area contributed by atoms with Crippen molar-refractivity contribution in [3.05, 3.63) is 98.9 Å². The van der Waals surface area contributed by atoms with Gasteiger partial charge in [0.1, 0.15) is 5.58 Å². The van der Waals surface area contributed by atoms with Gasteiger partial charge in [0.05, 0.1) is 23.3 Å². The van der Waals surface area contributed by atoms with Gasteiger partial charge in [-0.1, -0.05) is 45.0 Å². The van der Waals surface area contributed by atoms with E-state index in [2.05, 4.69) is 37.9 Å². The first-order valence-electron chi connectivity index (χ1n) is 12.1. The molecule has 0 saturated carbocycles. The molecule has 0 fully saturated rings. The predicted molar refractivity (Wildman–Crippen MR) is 137 cm³/mol. The summed E-state index contributed by atoms with van der Waals surface area (Å²) in [6.45, 7) is 11.7. The van der Waals surface area contributed by atoms with Gasteiger partial charge in [-0.3, -0.25) is 9.59 Å². The van der Waals surface area contributed by atoms with Crippen LogP contribution in [0, 0.1) is 13.8 Å². The molecule has 0 bridgehead atoms. The van der Waals surface area contributed by atoms with Crippen molar-refractivity contribution >= 4 is 16.9 Å². The van der Waals surface area contributed by atoms with Gasteiger partial charge in [-0.2, -0.15) is 0 Å². The third-order valence-corrected chi connectivity index (χ3v) is 7.05. The van der Waals surface area contributed by atoms with Crippen molar-refractivity contribution in [1.29, 1.82) is 0 Å². The molecule has 0 unspecified atom stereocenters. The molecular formula is C29H31N3O3. The molecule has 1 aliphatic heterocycles. The highest BCUT2D eigenvalue weighted by atomic mass is 16.3. The Morgan fingerprint density at radius 1 is 1.00 bits per heavy atom. The second-order valence-corrected chi connectivity index (χ2v) is 10.5. The largest absolute Gasteiger partial charge is 0.450 e. The molecule has 0 spiro atoms. The Bertz CT molecular complexity index is 1460. The van der Waals surface area contributed by atoms with E-state index in [-0.39, 0.29) is 22.5 Å². The Morgan fingerprint density at radius 3 is 2.37 bits per heavy atom. The number of amides is 1. The van der Waals surface area contributed by atoms with Crippen molar-refractivity contribution < 1.29 is 9.21 Å². The van der Waals surface area contributed by atoms with E-state index in [1.54, 1.807) is 17.4 Å². The molecule has 6 heteroatoms. The van der Waals surface area contributed by atoms with Gasteiger partial charge in [0.2, 0.25) is 5.76 Å². The number of hydrogen-bond acceptors (Lipinski definition) is 4. The third kappa shape index (κ3) is 4.07. The molecule has 4 aromatic rings. The highest BCUT2D eigenvalue weighted by Gasteiger charge is 2.42. The van der Waals surface area contributed by atoms with E-state index >= 15 is 0 Å². The van der Waals surface area contributed by atoms with Crippen LogP contribution in [0.25, 0.3) is 11.0 Å². The van der Waals surface area contributed by atoms with E-state index in [9.17, 15) is 9.59 Å². The van der Waals surface area contributed by atoms with E-state index in [4.69, 9.17) is 4.42 Å². The quantitative estimate of drug-likeness (QED) is 0.385. The first kappa shape index (κ1) is 23.1. The Labute approximate surface area is 205 Å². The Kier molecular flexibility index (Phi) is 5.62. The van der Waals surface area contributed by atoms with Crippen molar-refractivity contribution in [2.45, 2.75) is 59.0 Å². The van der Waals surface area contributed by atoms with Crippen LogP contribution in [-0.4, -0.2) is 26.9 Å². The minimum absolute atomic E-state index is 0.0109. The molecular weight excluding hydrogens is 438 g/mol. The van der Waals surface area contributed by atoms with Crippen LogP contribution in [0.15, 0.2) is 64.3 Å². The van der Waals surface area contributed by atoms with Crippen LogP contribution in [0.4, 0.5) is 0 Å². The van der Waals surface area contributed by atoms with Crippen LogP contribution in [-0.2, 0) is 12.0 Å². The van der Waals surface area contributed by atoms with Crippen molar-refractivity contribution in [3.8, 4) is 0 Å². The lowest BCUT2D eigenvalue weighted by Gasteiger charge is -2.26. The summed E-state index contributed by atoms with van der Waals surface area (Å²) >= 11 is 0. The fourth-order valence-corrected chi connectivity index (χ4v) is 4.86. The molecule has 2 aromatic carbocycles. The van der Waals surface area contributed by atoms with E-state index in [1.807, 2.05) is 48.9 Å². The summed E-state index contributed by atoms with van der Waals surface area (Å²) in [5.74, 6) is -0.0639. The van der Waals surface area contributed by atoms with Gasteiger partial charge in [-0.05, 0) is 60.1 Å². The average Bonchev–Trinajstić information content (AvgIpc) is 3.42. The van der Waals surface area contributed by atoms with Crippen LogP contribution in [0.1, 0.15) is 71.6 Å². The molecule has 180 valence electrons. The zero-order valence-electron chi connectivity index (χ0n) is 21.0. The molecule has 1 aliphatic rings. The second kappa shape index (κ2) is 8.52. The number of aromatic nitrogens is 2. The molecule has 1 atom stereocenters. The summed E-state index contributed by atoms with van der Waals surface area (Å²) in [4.78, 5) is 33.3.